The molecule has 1 heterocycles. The molecule has 0 radical (unpaired) electrons. The van der Waals surface area contributed by atoms with Crippen LogP contribution in [0.5, 0.6) is 0 Å². The molecule has 0 unspecified atom stereocenters. The van der Waals surface area contributed by atoms with E-state index in [-0.39, 0.29) is 0 Å². The topological polar surface area (TPSA) is 15.3 Å². The molecule has 16 heavy (non-hydrogen) atoms. The van der Waals surface area contributed by atoms with E-state index in [2.05, 4.69) is 24.1 Å². The highest BCUT2D eigenvalue weighted by Crippen LogP contribution is 2.31. The number of rotatable bonds is 5. The third kappa shape index (κ3) is 3.21. The summed E-state index contributed by atoms with van der Waals surface area (Å²) in [5.74, 6) is 1.02. The van der Waals surface area contributed by atoms with Gasteiger partial charge in [0.25, 0.3) is 0 Å². The first-order valence-corrected chi connectivity index (χ1v) is 7.15. The Bertz CT molecular complexity index is 205. The zero-order valence-corrected chi connectivity index (χ0v) is 11.1. The molecule has 2 heteroatoms. The smallest absolute Gasteiger partial charge is 0.00363 e. The second-order valence-electron chi connectivity index (χ2n) is 6.19. The summed E-state index contributed by atoms with van der Waals surface area (Å²) in [4.78, 5) is 2.70. The van der Waals surface area contributed by atoms with Crippen molar-refractivity contribution >= 4 is 0 Å². The van der Waals surface area contributed by atoms with Crippen molar-refractivity contribution < 1.29 is 0 Å². The molecule has 2 nitrogen and oxygen atoms in total. The van der Waals surface area contributed by atoms with Crippen molar-refractivity contribution in [3.8, 4) is 0 Å². The summed E-state index contributed by atoms with van der Waals surface area (Å²) in [7, 11) is 0. The van der Waals surface area contributed by atoms with Crippen molar-refractivity contribution in [2.75, 3.05) is 32.7 Å². The molecule has 94 valence electrons. The van der Waals surface area contributed by atoms with Crippen LogP contribution in [0.1, 0.15) is 46.0 Å². The van der Waals surface area contributed by atoms with Gasteiger partial charge in [-0.3, -0.25) is 0 Å². The van der Waals surface area contributed by atoms with Crippen molar-refractivity contribution in [3.63, 3.8) is 0 Å². The van der Waals surface area contributed by atoms with Crippen molar-refractivity contribution in [3.05, 3.63) is 0 Å². The minimum atomic E-state index is 0.574. The molecule has 2 aliphatic rings. The summed E-state index contributed by atoms with van der Waals surface area (Å²) in [6.07, 6.45) is 7.15. The lowest BCUT2D eigenvalue weighted by molar-refractivity contribution is 0.102. The molecule has 2 fully saturated rings. The number of hydrogen-bond donors (Lipinski definition) is 1. The normalized spacial score (nSPS) is 25.7. The van der Waals surface area contributed by atoms with Gasteiger partial charge in [-0.2, -0.15) is 0 Å². The minimum Gasteiger partial charge on any atom is -0.317 e. The summed E-state index contributed by atoms with van der Waals surface area (Å²) >= 11 is 0. The highest BCUT2D eigenvalue weighted by atomic mass is 15.1. The van der Waals surface area contributed by atoms with E-state index in [0.29, 0.717) is 5.41 Å². The predicted molar refractivity (Wildman–Crippen MR) is 69.7 cm³/mol. The van der Waals surface area contributed by atoms with Crippen molar-refractivity contribution in [2.45, 2.75) is 46.0 Å². The van der Waals surface area contributed by atoms with E-state index in [1.165, 1.54) is 64.8 Å². The highest BCUT2D eigenvalue weighted by Gasteiger charge is 2.30. The zero-order chi connectivity index (χ0) is 11.4. The fourth-order valence-electron chi connectivity index (χ4n) is 3.07. The van der Waals surface area contributed by atoms with Crippen LogP contribution in [0.25, 0.3) is 0 Å². The molecule has 0 atom stereocenters. The maximum atomic E-state index is 3.48. The molecular weight excluding hydrogens is 196 g/mol. The molecule has 1 saturated carbocycles. The molecule has 1 N–H and O–H groups in total. The van der Waals surface area contributed by atoms with Gasteiger partial charge < -0.3 is 10.2 Å². The Kier molecular flexibility index (Phi) is 4.26. The fourth-order valence-corrected chi connectivity index (χ4v) is 3.07. The van der Waals surface area contributed by atoms with Gasteiger partial charge in [0.2, 0.25) is 0 Å². The van der Waals surface area contributed by atoms with Gasteiger partial charge >= 0.3 is 0 Å². The second kappa shape index (κ2) is 5.50. The summed E-state index contributed by atoms with van der Waals surface area (Å²) in [5.41, 5.74) is 0.574. The van der Waals surface area contributed by atoms with Crippen LogP contribution in [-0.4, -0.2) is 37.6 Å². The van der Waals surface area contributed by atoms with Gasteiger partial charge in [0.05, 0.1) is 0 Å². The molecular formula is C14H28N2. The summed E-state index contributed by atoms with van der Waals surface area (Å²) in [5, 5.41) is 3.48. The van der Waals surface area contributed by atoms with Gasteiger partial charge in [-0.15, -0.1) is 0 Å². The second-order valence-corrected chi connectivity index (χ2v) is 6.19. The first kappa shape index (κ1) is 12.4. The largest absolute Gasteiger partial charge is 0.317 e. The minimum absolute atomic E-state index is 0.574. The van der Waals surface area contributed by atoms with Crippen molar-refractivity contribution in [2.24, 2.45) is 11.3 Å². The van der Waals surface area contributed by atoms with Crippen LogP contribution < -0.4 is 5.32 Å². The molecule has 0 bridgehead atoms. The average Bonchev–Trinajstić information content (AvgIpc) is 2.22. The van der Waals surface area contributed by atoms with E-state index in [4.69, 9.17) is 0 Å². The lowest BCUT2D eigenvalue weighted by Gasteiger charge is -2.40. The van der Waals surface area contributed by atoms with Crippen LogP contribution >= 0.6 is 0 Å². The van der Waals surface area contributed by atoms with E-state index >= 15 is 0 Å². The Morgan fingerprint density at radius 1 is 1.25 bits per heavy atom. The quantitative estimate of drug-likeness (QED) is 0.772. The van der Waals surface area contributed by atoms with E-state index in [9.17, 15) is 0 Å². The summed E-state index contributed by atoms with van der Waals surface area (Å²) in [6.45, 7) is 11.2. The van der Waals surface area contributed by atoms with E-state index in [1.54, 1.807) is 0 Å². The molecule has 0 aromatic rings. The SMILES string of the molecule is CCN(CC1CCC1)CC1(C)CCNCC1. The third-order valence-electron chi connectivity index (χ3n) is 4.60. The number of nitrogens with one attached hydrogen (secondary N) is 1. The van der Waals surface area contributed by atoms with Crippen LogP contribution in [-0.2, 0) is 0 Å². The monoisotopic (exact) mass is 224 g/mol. The molecule has 0 amide bonds. The molecule has 0 spiro atoms. The Labute approximate surface area is 101 Å². The molecule has 0 aromatic carbocycles. The summed E-state index contributed by atoms with van der Waals surface area (Å²) in [6, 6.07) is 0. The van der Waals surface area contributed by atoms with Crippen molar-refractivity contribution in [1.82, 2.24) is 10.2 Å². The Morgan fingerprint density at radius 2 is 1.94 bits per heavy atom. The number of piperidine rings is 1. The van der Waals surface area contributed by atoms with Crippen LogP contribution in [0.4, 0.5) is 0 Å². The van der Waals surface area contributed by atoms with Crippen molar-refractivity contribution in [1.29, 1.82) is 0 Å². The van der Waals surface area contributed by atoms with E-state index in [1.807, 2.05) is 0 Å². The maximum absolute atomic E-state index is 3.48. The third-order valence-corrected chi connectivity index (χ3v) is 4.60. The van der Waals surface area contributed by atoms with Crippen LogP contribution in [0.2, 0.25) is 0 Å². The Balaban J connectivity index is 1.79. The Morgan fingerprint density at radius 3 is 2.44 bits per heavy atom. The average molecular weight is 224 g/mol. The van der Waals surface area contributed by atoms with Gasteiger partial charge in [0.1, 0.15) is 0 Å². The fraction of sp³-hybridized carbons (Fsp3) is 1.00. The van der Waals surface area contributed by atoms with Gasteiger partial charge in [-0.1, -0.05) is 20.3 Å². The predicted octanol–water partition coefficient (Wildman–Crippen LogP) is 2.50. The standard InChI is InChI=1S/C14H28N2/c1-3-16(11-13-5-4-6-13)12-14(2)7-9-15-10-8-14/h13,15H,3-12H2,1-2H3. The number of hydrogen-bond acceptors (Lipinski definition) is 2. The molecule has 0 aromatic heterocycles. The zero-order valence-electron chi connectivity index (χ0n) is 11.1. The highest BCUT2D eigenvalue weighted by molar-refractivity contribution is 4.84. The van der Waals surface area contributed by atoms with Crippen LogP contribution in [0, 0.1) is 11.3 Å². The molecule has 1 saturated heterocycles. The first-order valence-electron chi connectivity index (χ1n) is 7.15. The summed E-state index contributed by atoms with van der Waals surface area (Å²) < 4.78 is 0. The molecule has 1 aliphatic heterocycles. The maximum Gasteiger partial charge on any atom is 0.00363 e. The van der Waals surface area contributed by atoms with Gasteiger partial charge in [0, 0.05) is 13.1 Å². The van der Waals surface area contributed by atoms with E-state index in [0.717, 1.165) is 5.92 Å². The van der Waals surface area contributed by atoms with Gasteiger partial charge in [-0.25, -0.2) is 0 Å². The lowest BCUT2D eigenvalue weighted by atomic mass is 9.79. The van der Waals surface area contributed by atoms with Gasteiger partial charge in [0.15, 0.2) is 0 Å². The van der Waals surface area contributed by atoms with Crippen LogP contribution in [0.15, 0.2) is 0 Å². The van der Waals surface area contributed by atoms with Gasteiger partial charge in [-0.05, 0) is 56.7 Å². The number of nitrogens with zero attached hydrogens (tertiary/aromatic N) is 1. The first-order chi connectivity index (χ1) is 7.72. The molecule has 2 rings (SSSR count). The lowest BCUT2D eigenvalue weighted by Crippen LogP contribution is -2.44. The van der Waals surface area contributed by atoms with E-state index < -0.39 is 0 Å². The Hall–Kier alpha value is -0.0800. The molecule has 1 aliphatic carbocycles. The van der Waals surface area contributed by atoms with Crippen LogP contribution in [0.3, 0.4) is 0 Å².